The maximum atomic E-state index is 12.7. The van der Waals surface area contributed by atoms with Gasteiger partial charge in [0.1, 0.15) is 11.6 Å². The van der Waals surface area contributed by atoms with Crippen molar-refractivity contribution in [1.82, 2.24) is 10.2 Å². The minimum Gasteiger partial charge on any atom is -0.444 e. The van der Waals surface area contributed by atoms with E-state index in [2.05, 4.69) is 5.32 Å². The van der Waals surface area contributed by atoms with Crippen molar-refractivity contribution in [2.75, 3.05) is 19.6 Å². The molecule has 4 nitrogen and oxygen atoms in total. The number of amides is 1. The monoisotopic (exact) mass is 236 g/mol. The Labute approximate surface area is 93.9 Å². The summed E-state index contributed by atoms with van der Waals surface area (Å²) in [6.45, 7) is 6.02. The summed E-state index contributed by atoms with van der Waals surface area (Å²) in [5, 5.41) is 2.83. The Hall–Kier alpha value is -0.910. The van der Waals surface area contributed by atoms with E-state index in [9.17, 15) is 13.6 Å². The number of hydrogen-bond acceptors (Lipinski definition) is 3. The number of halogens is 2. The Morgan fingerprint density at radius 3 is 2.62 bits per heavy atom. The van der Waals surface area contributed by atoms with Crippen LogP contribution in [0.25, 0.3) is 0 Å². The van der Waals surface area contributed by atoms with Gasteiger partial charge in [0.05, 0.1) is 0 Å². The first-order valence-corrected chi connectivity index (χ1v) is 5.30. The van der Waals surface area contributed by atoms with Gasteiger partial charge in [-0.2, -0.15) is 0 Å². The standard InChI is InChI=1S/C10H18F2N2O2/c1-10(2,3)16-9(15)14-5-4-13-6-7(14)8(11)12/h7-8,13H,4-6H2,1-3H3. The lowest BCUT2D eigenvalue weighted by Gasteiger charge is -2.36. The van der Waals surface area contributed by atoms with Crippen molar-refractivity contribution in [3.8, 4) is 0 Å². The number of rotatable bonds is 1. The van der Waals surface area contributed by atoms with Gasteiger partial charge in [-0.3, -0.25) is 4.90 Å². The van der Waals surface area contributed by atoms with Crippen molar-refractivity contribution in [2.45, 2.75) is 38.8 Å². The molecule has 0 aromatic rings. The predicted molar refractivity (Wildman–Crippen MR) is 55.6 cm³/mol. The third kappa shape index (κ3) is 3.59. The molecule has 1 unspecified atom stereocenters. The topological polar surface area (TPSA) is 41.6 Å². The number of ether oxygens (including phenoxy) is 1. The van der Waals surface area contributed by atoms with Crippen LogP contribution in [-0.4, -0.2) is 48.7 Å². The first-order valence-electron chi connectivity index (χ1n) is 5.30. The molecule has 1 rings (SSSR count). The molecule has 1 heterocycles. The second-order valence-corrected chi connectivity index (χ2v) is 4.78. The van der Waals surface area contributed by atoms with Crippen LogP contribution in [0.2, 0.25) is 0 Å². The molecule has 0 bridgehead atoms. The van der Waals surface area contributed by atoms with Crippen molar-refractivity contribution in [2.24, 2.45) is 0 Å². The number of carbonyl (C=O) groups excluding carboxylic acids is 1. The van der Waals surface area contributed by atoms with Crippen LogP contribution in [0, 0.1) is 0 Å². The number of piperazine rings is 1. The fourth-order valence-corrected chi connectivity index (χ4v) is 1.50. The fourth-order valence-electron chi connectivity index (χ4n) is 1.50. The van der Waals surface area contributed by atoms with Crippen LogP contribution < -0.4 is 5.32 Å². The molecule has 0 spiro atoms. The minimum atomic E-state index is -2.56. The summed E-state index contributed by atoms with van der Waals surface area (Å²) >= 11 is 0. The SMILES string of the molecule is CC(C)(C)OC(=O)N1CCNCC1C(F)F. The summed E-state index contributed by atoms with van der Waals surface area (Å²) in [7, 11) is 0. The van der Waals surface area contributed by atoms with Gasteiger partial charge in [0, 0.05) is 19.6 Å². The van der Waals surface area contributed by atoms with Crippen LogP contribution in [0.3, 0.4) is 0 Å². The number of carbonyl (C=O) groups is 1. The number of nitrogens with one attached hydrogen (secondary N) is 1. The molecule has 0 radical (unpaired) electrons. The zero-order chi connectivity index (χ0) is 12.3. The molecule has 1 fully saturated rings. The van der Waals surface area contributed by atoms with Gasteiger partial charge in [-0.05, 0) is 20.8 Å². The summed E-state index contributed by atoms with van der Waals surface area (Å²) in [6.07, 6.45) is -3.22. The Balaban J connectivity index is 2.64. The number of hydrogen-bond donors (Lipinski definition) is 1. The summed E-state index contributed by atoms with van der Waals surface area (Å²) in [4.78, 5) is 12.8. The zero-order valence-electron chi connectivity index (χ0n) is 9.80. The van der Waals surface area contributed by atoms with Crippen LogP contribution in [0.15, 0.2) is 0 Å². The van der Waals surface area contributed by atoms with E-state index >= 15 is 0 Å². The van der Waals surface area contributed by atoms with E-state index < -0.39 is 24.2 Å². The van der Waals surface area contributed by atoms with Gasteiger partial charge >= 0.3 is 6.09 Å². The molecule has 16 heavy (non-hydrogen) atoms. The maximum Gasteiger partial charge on any atom is 0.410 e. The van der Waals surface area contributed by atoms with Crippen LogP contribution in [0.5, 0.6) is 0 Å². The quantitative estimate of drug-likeness (QED) is 0.749. The summed E-state index contributed by atoms with van der Waals surface area (Å²) in [5.41, 5.74) is -0.658. The Bertz CT molecular complexity index is 254. The highest BCUT2D eigenvalue weighted by Gasteiger charge is 2.35. The highest BCUT2D eigenvalue weighted by molar-refractivity contribution is 5.68. The highest BCUT2D eigenvalue weighted by atomic mass is 19.3. The summed E-state index contributed by atoms with van der Waals surface area (Å²) < 4.78 is 30.4. The smallest absolute Gasteiger partial charge is 0.410 e. The molecule has 6 heteroatoms. The minimum absolute atomic E-state index is 0.108. The van der Waals surface area contributed by atoms with Gasteiger partial charge in [0.15, 0.2) is 0 Å². The molecule has 0 aliphatic carbocycles. The van der Waals surface area contributed by atoms with E-state index in [1.165, 1.54) is 0 Å². The second kappa shape index (κ2) is 4.95. The molecule has 1 amide bonds. The lowest BCUT2D eigenvalue weighted by Crippen LogP contribution is -2.57. The zero-order valence-corrected chi connectivity index (χ0v) is 9.80. The van der Waals surface area contributed by atoms with E-state index in [-0.39, 0.29) is 13.1 Å². The third-order valence-electron chi connectivity index (χ3n) is 2.20. The average Bonchev–Trinajstić information content (AvgIpc) is 2.15. The van der Waals surface area contributed by atoms with Crippen molar-refractivity contribution < 1.29 is 18.3 Å². The maximum absolute atomic E-state index is 12.7. The lowest BCUT2D eigenvalue weighted by molar-refractivity contribution is -0.0214. The second-order valence-electron chi connectivity index (χ2n) is 4.78. The Morgan fingerprint density at radius 2 is 2.12 bits per heavy atom. The first-order chi connectivity index (χ1) is 7.31. The molecule has 1 saturated heterocycles. The average molecular weight is 236 g/mol. The van der Waals surface area contributed by atoms with Gasteiger partial charge in [-0.25, -0.2) is 13.6 Å². The molecule has 1 atom stereocenters. The molecule has 0 aromatic carbocycles. The fraction of sp³-hybridized carbons (Fsp3) is 0.900. The molecule has 94 valence electrons. The highest BCUT2D eigenvalue weighted by Crippen LogP contribution is 2.16. The summed E-state index contributed by atoms with van der Waals surface area (Å²) in [5.74, 6) is 0. The molecular weight excluding hydrogens is 218 g/mol. The van der Waals surface area contributed by atoms with Crippen molar-refractivity contribution in [3.63, 3.8) is 0 Å². The van der Waals surface area contributed by atoms with E-state index in [0.29, 0.717) is 6.54 Å². The van der Waals surface area contributed by atoms with Gasteiger partial charge in [-0.15, -0.1) is 0 Å². The summed E-state index contributed by atoms with van der Waals surface area (Å²) in [6, 6.07) is -1.09. The molecule has 0 aromatic heterocycles. The van der Waals surface area contributed by atoms with Gasteiger partial charge in [0.2, 0.25) is 0 Å². The lowest BCUT2D eigenvalue weighted by atomic mass is 10.2. The Morgan fingerprint density at radius 1 is 1.50 bits per heavy atom. The third-order valence-corrected chi connectivity index (χ3v) is 2.20. The van der Waals surface area contributed by atoms with Gasteiger partial charge < -0.3 is 10.1 Å². The van der Waals surface area contributed by atoms with Gasteiger partial charge in [-0.1, -0.05) is 0 Å². The van der Waals surface area contributed by atoms with Gasteiger partial charge in [0.25, 0.3) is 6.43 Å². The number of alkyl halides is 2. The van der Waals surface area contributed by atoms with E-state index in [4.69, 9.17) is 4.74 Å². The Kier molecular flexibility index (Phi) is 4.07. The van der Waals surface area contributed by atoms with Crippen LogP contribution in [0.4, 0.5) is 13.6 Å². The predicted octanol–water partition coefficient (Wildman–Crippen LogP) is 1.46. The molecule has 0 saturated carbocycles. The van der Waals surface area contributed by atoms with E-state index in [1.54, 1.807) is 20.8 Å². The van der Waals surface area contributed by atoms with Crippen molar-refractivity contribution >= 4 is 6.09 Å². The van der Waals surface area contributed by atoms with Crippen LogP contribution in [0.1, 0.15) is 20.8 Å². The molecule has 1 aliphatic rings. The van der Waals surface area contributed by atoms with E-state index in [0.717, 1.165) is 4.90 Å². The molecule has 1 N–H and O–H groups in total. The molecular formula is C10H18F2N2O2. The molecule has 1 aliphatic heterocycles. The van der Waals surface area contributed by atoms with Crippen LogP contribution in [-0.2, 0) is 4.74 Å². The van der Waals surface area contributed by atoms with E-state index in [1.807, 2.05) is 0 Å². The largest absolute Gasteiger partial charge is 0.444 e. The van der Waals surface area contributed by atoms with Crippen molar-refractivity contribution in [1.29, 1.82) is 0 Å². The van der Waals surface area contributed by atoms with Crippen LogP contribution >= 0.6 is 0 Å². The number of nitrogens with zero attached hydrogens (tertiary/aromatic N) is 1. The van der Waals surface area contributed by atoms with Crippen molar-refractivity contribution in [3.05, 3.63) is 0 Å². The first kappa shape index (κ1) is 13.2. The normalized spacial score (nSPS) is 22.4.